The number of amides is 1. The van der Waals surface area contributed by atoms with Crippen LogP contribution in [0.2, 0.25) is 5.02 Å². The molecule has 17 heavy (non-hydrogen) atoms. The number of pyridine rings is 1. The van der Waals surface area contributed by atoms with E-state index in [0.29, 0.717) is 13.2 Å². The molecular weight excluding hydrogens is 242 g/mol. The molecule has 1 amide bonds. The zero-order valence-electron chi connectivity index (χ0n) is 9.87. The zero-order chi connectivity index (χ0) is 12.8. The van der Waals surface area contributed by atoms with Gasteiger partial charge in [-0.15, -0.1) is 0 Å². The summed E-state index contributed by atoms with van der Waals surface area (Å²) >= 11 is 5.84. The SMILES string of the molecule is CC(C)OCCNC(=O)c1nc(N)ccc1Cl. The van der Waals surface area contributed by atoms with Crippen LogP contribution in [0.4, 0.5) is 5.82 Å². The smallest absolute Gasteiger partial charge is 0.271 e. The normalized spacial score (nSPS) is 10.6. The number of nitrogens with one attached hydrogen (secondary N) is 1. The number of anilines is 1. The van der Waals surface area contributed by atoms with Crippen molar-refractivity contribution in [2.75, 3.05) is 18.9 Å². The van der Waals surface area contributed by atoms with Gasteiger partial charge in [-0.2, -0.15) is 0 Å². The molecule has 6 heteroatoms. The number of nitrogen functional groups attached to an aromatic ring is 1. The van der Waals surface area contributed by atoms with Crippen molar-refractivity contribution in [1.82, 2.24) is 10.3 Å². The monoisotopic (exact) mass is 257 g/mol. The molecule has 1 aromatic rings. The van der Waals surface area contributed by atoms with Gasteiger partial charge < -0.3 is 15.8 Å². The number of halogens is 1. The Hall–Kier alpha value is -1.33. The van der Waals surface area contributed by atoms with Crippen LogP contribution < -0.4 is 11.1 Å². The Kier molecular flexibility index (Phi) is 5.18. The maximum Gasteiger partial charge on any atom is 0.271 e. The molecule has 0 saturated heterocycles. The van der Waals surface area contributed by atoms with Crippen molar-refractivity contribution < 1.29 is 9.53 Å². The third-order valence-electron chi connectivity index (χ3n) is 1.92. The summed E-state index contributed by atoms with van der Waals surface area (Å²) in [5.74, 6) is -0.0902. The first kappa shape index (κ1) is 13.7. The molecule has 0 radical (unpaired) electrons. The van der Waals surface area contributed by atoms with E-state index in [9.17, 15) is 4.79 Å². The van der Waals surface area contributed by atoms with Crippen molar-refractivity contribution in [3.8, 4) is 0 Å². The maximum atomic E-state index is 11.7. The van der Waals surface area contributed by atoms with Crippen LogP contribution in [0.5, 0.6) is 0 Å². The standard InChI is InChI=1S/C11H16ClN3O2/c1-7(2)17-6-5-14-11(16)10-8(12)3-4-9(13)15-10/h3-4,7H,5-6H2,1-2H3,(H2,13,15)(H,14,16). The molecule has 1 rings (SSSR count). The summed E-state index contributed by atoms with van der Waals surface area (Å²) < 4.78 is 5.29. The molecule has 94 valence electrons. The fraction of sp³-hybridized carbons (Fsp3) is 0.455. The van der Waals surface area contributed by atoms with Crippen LogP contribution in [0.3, 0.4) is 0 Å². The second-order valence-corrected chi connectivity index (χ2v) is 4.15. The number of carbonyl (C=O) groups excluding carboxylic acids is 1. The Bertz CT molecular complexity index is 396. The van der Waals surface area contributed by atoms with Crippen molar-refractivity contribution in [3.63, 3.8) is 0 Å². The predicted octanol–water partition coefficient (Wildman–Crippen LogP) is 1.47. The van der Waals surface area contributed by atoms with Gasteiger partial charge in [-0.3, -0.25) is 4.79 Å². The molecule has 0 fully saturated rings. The van der Waals surface area contributed by atoms with Crippen molar-refractivity contribution >= 4 is 23.3 Å². The van der Waals surface area contributed by atoms with Crippen LogP contribution in [0.15, 0.2) is 12.1 Å². The number of hydrogen-bond donors (Lipinski definition) is 2. The lowest BCUT2D eigenvalue weighted by Crippen LogP contribution is -2.29. The maximum absolute atomic E-state index is 11.7. The van der Waals surface area contributed by atoms with E-state index in [-0.39, 0.29) is 28.5 Å². The topological polar surface area (TPSA) is 77.2 Å². The van der Waals surface area contributed by atoms with Crippen molar-refractivity contribution in [1.29, 1.82) is 0 Å². The lowest BCUT2D eigenvalue weighted by atomic mass is 10.3. The van der Waals surface area contributed by atoms with Gasteiger partial charge in [0.05, 0.1) is 17.7 Å². The summed E-state index contributed by atoms with van der Waals surface area (Å²) in [7, 11) is 0. The Balaban J connectivity index is 2.49. The molecule has 0 spiro atoms. The number of rotatable bonds is 5. The first-order chi connectivity index (χ1) is 8.00. The van der Waals surface area contributed by atoms with E-state index in [2.05, 4.69) is 10.3 Å². The number of nitrogens with zero attached hydrogens (tertiary/aromatic N) is 1. The lowest BCUT2D eigenvalue weighted by molar-refractivity contribution is 0.0745. The number of ether oxygens (including phenoxy) is 1. The minimum atomic E-state index is -0.352. The third kappa shape index (κ3) is 4.58. The third-order valence-corrected chi connectivity index (χ3v) is 2.23. The van der Waals surface area contributed by atoms with Crippen molar-refractivity contribution in [2.24, 2.45) is 0 Å². The van der Waals surface area contributed by atoms with Gasteiger partial charge in [0.1, 0.15) is 11.5 Å². The summed E-state index contributed by atoms with van der Waals surface area (Å²) in [6, 6.07) is 3.09. The van der Waals surface area contributed by atoms with Crippen LogP contribution in [0.25, 0.3) is 0 Å². The molecule has 0 aliphatic rings. The Labute approximate surface area is 105 Å². The molecular formula is C11H16ClN3O2. The first-order valence-corrected chi connectivity index (χ1v) is 5.70. The van der Waals surface area contributed by atoms with Crippen LogP contribution in [0.1, 0.15) is 24.3 Å². The molecule has 1 aromatic heterocycles. The quantitative estimate of drug-likeness (QED) is 0.783. The van der Waals surface area contributed by atoms with Gasteiger partial charge in [-0.25, -0.2) is 4.98 Å². The summed E-state index contributed by atoms with van der Waals surface area (Å²) in [5.41, 5.74) is 5.62. The highest BCUT2D eigenvalue weighted by Crippen LogP contribution is 2.14. The van der Waals surface area contributed by atoms with E-state index in [1.54, 1.807) is 12.1 Å². The Morgan fingerprint density at radius 3 is 2.94 bits per heavy atom. The number of carbonyl (C=O) groups is 1. The minimum absolute atomic E-state index is 0.135. The van der Waals surface area contributed by atoms with Crippen molar-refractivity contribution in [3.05, 3.63) is 22.8 Å². The first-order valence-electron chi connectivity index (χ1n) is 5.32. The summed E-state index contributed by atoms with van der Waals surface area (Å²) in [6.45, 7) is 4.71. The largest absolute Gasteiger partial charge is 0.384 e. The van der Waals surface area contributed by atoms with Gasteiger partial charge in [0.25, 0.3) is 5.91 Å². The second kappa shape index (κ2) is 6.42. The highest BCUT2D eigenvalue weighted by Gasteiger charge is 2.11. The highest BCUT2D eigenvalue weighted by atomic mass is 35.5. The molecule has 0 unspecified atom stereocenters. The van der Waals surface area contributed by atoms with E-state index in [4.69, 9.17) is 22.1 Å². The molecule has 0 aliphatic carbocycles. The molecule has 3 N–H and O–H groups in total. The molecule has 0 saturated carbocycles. The van der Waals surface area contributed by atoms with Gasteiger partial charge >= 0.3 is 0 Å². The molecule has 0 bridgehead atoms. The predicted molar refractivity (Wildman–Crippen MR) is 67.1 cm³/mol. The second-order valence-electron chi connectivity index (χ2n) is 3.74. The van der Waals surface area contributed by atoms with Gasteiger partial charge in [0.15, 0.2) is 0 Å². The molecule has 5 nitrogen and oxygen atoms in total. The van der Waals surface area contributed by atoms with Gasteiger partial charge in [0, 0.05) is 6.54 Å². The fourth-order valence-corrected chi connectivity index (χ4v) is 1.35. The van der Waals surface area contributed by atoms with Crippen LogP contribution in [0, 0.1) is 0 Å². The molecule has 0 atom stereocenters. The van der Waals surface area contributed by atoms with E-state index >= 15 is 0 Å². The van der Waals surface area contributed by atoms with E-state index < -0.39 is 0 Å². The van der Waals surface area contributed by atoms with Crippen LogP contribution in [-0.2, 0) is 4.74 Å². The summed E-state index contributed by atoms with van der Waals surface area (Å²) in [4.78, 5) is 15.6. The van der Waals surface area contributed by atoms with Gasteiger partial charge in [0.2, 0.25) is 0 Å². The molecule has 0 aromatic carbocycles. The number of hydrogen-bond acceptors (Lipinski definition) is 4. The average Bonchev–Trinajstić information content (AvgIpc) is 2.27. The molecule has 1 heterocycles. The Morgan fingerprint density at radius 2 is 2.29 bits per heavy atom. The zero-order valence-corrected chi connectivity index (χ0v) is 10.6. The summed E-state index contributed by atoms with van der Waals surface area (Å²) in [5, 5.41) is 2.94. The van der Waals surface area contributed by atoms with Crippen LogP contribution in [-0.4, -0.2) is 30.1 Å². The summed E-state index contributed by atoms with van der Waals surface area (Å²) in [6.07, 6.45) is 0.140. The van der Waals surface area contributed by atoms with Gasteiger partial charge in [-0.05, 0) is 26.0 Å². The average molecular weight is 258 g/mol. The number of nitrogens with two attached hydrogens (primary N) is 1. The minimum Gasteiger partial charge on any atom is -0.384 e. The van der Waals surface area contributed by atoms with Gasteiger partial charge in [-0.1, -0.05) is 11.6 Å². The highest BCUT2D eigenvalue weighted by molar-refractivity contribution is 6.33. The Morgan fingerprint density at radius 1 is 1.59 bits per heavy atom. The molecule has 0 aliphatic heterocycles. The van der Waals surface area contributed by atoms with Crippen LogP contribution >= 0.6 is 11.6 Å². The fourth-order valence-electron chi connectivity index (χ4n) is 1.16. The van der Waals surface area contributed by atoms with E-state index in [0.717, 1.165) is 0 Å². The van der Waals surface area contributed by atoms with Crippen molar-refractivity contribution in [2.45, 2.75) is 20.0 Å². The number of aromatic nitrogens is 1. The lowest BCUT2D eigenvalue weighted by Gasteiger charge is -2.09. The van der Waals surface area contributed by atoms with E-state index in [1.807, 2.05) is 13.8 Å². The van der Waals surface area contributed by atoms with E-state index in [1.165, 1.54) is 0 Å².